The van der Waals surface area contributed by atoms with Crippen molar-refractivity contribution in [3.05, 3.63) is 68.6 Å². The fourth-order valence-electron chi connectivity index (χ4n) is 1.61. The number of halogens is 2. The number of carboxylic acid groups (broad SMARTS) is 2. The summed E-state index contributed by atoms with van der Waals surface area (Å²) in [6, 6.07) is 14.6. The zero-order chi connectivity index (χ0) is 16.5. The van der Waals surface area contributed by atoms with E-state index in [1.54, 1.807) is 12.1 Å². The monoisotopic (exact) mass is 428 g/mol. The van der Waals surface area contributed by atoms with Crippen molar-refractivity contribution < 1.29 is 19.8 Å². The van der Waals surface area contributed by atoms with E-state index in [-0.39, 0.29) is 12.8 Å². The molecule has 22 heavy (non-hydrogen) atoms. The largest absolute Gasteiger partial charge is 0.481 e. The molecule has 116 valence electrons. The van der Waals surface area contributed by atoms with Gasteiger partial charge in [-0.15, -0.1) is 0 Å². The highest BCUT2D eigenvalue weighted by Crippen LogP contribution is 2.16. The molecule has 2 rings (SSSR count). The first-order valence-corrected chi connectivity index (χ1v) is 7.89. The molecule has 0 aromatic heterocycles. The molecule has 4 nitrogen and oxygen atoms in total. The summed E-state index contributed by atoms with van der Waals surface area (Å²) in [7, 11) is 0. The Hall–Kier alpha value is -1.66. The summed E-state index contributed by atoms with van der Waals surface area (Å²) < 4.78 is 1.70. The van der Waals surface area contributed by atoms with Gasteiger partial charge in [0.15, 0.2) is 0 Å². The average molecular weight is 430 g/mol. The molecule has 2 N–H and O–H groups in total. The van der Waals surface area contributed by atoms with Crippen LogP contribution in [0.15, 0.2) is 57.5 Å². The highest BCUT2D eigenvalue weighted by atomic mass is 79.9. The molecule has 0 amide bonds. The van der Waals surface area contributed by atoms with Crippen molar-refractivity contribution in [2.24, 2.45) is 0 Å². The lowest BCUT2D eigenvalue weighted by Gasteiger charge is -1.98. The third-order valence-electron chi connectivity index (χ3n) is 2.60. The van der Waals surface area contributed by atoms with Crippen LogP contribution < -0.4 is 0 Å². The van der Waals surface area contributed by atoms with Crippen LogP contribution in [0.25, 0.3) is 0 Å². The van der Waals surface area contributed by atoms with Crippen molar-refractivity contribution >= 4 is 43.8 Å². The minimum Gasteiger partial charge on any atom is -0.481 e. The molecule has 0 aliphatic carbocycles. The number of carbonyl (C=O) groups is 2. The normalized spacial score (nSPS) is 9.55. The molecule has 0 bridgehead atoms. The van der Waals surface area contributed by atoms with Crippen LogP contribution in [0.4, 0.5) is 0 Å². The van der Waals surface area contributed by atoms with Gasteiger partial charge in [-0.3, -0.25) is 9.59 Å². The van der Waals surface area contributed by atoms with Crippen molar-refractivity contribution in [1.29, 1.82) is 0 Å². The first-order valence-electron chi connectivity index (χ1n) is 6.30. The SMILES string of the molecule is O=C(O)Cc1ccccc1Br.O=C(O)Cc1ccccc1Br. The van der Waals surface area contributed by atoms with E-state index in [1.165, 1.54) is 0 Å². The Bertz CT molecular complexity index is 599. The van der Waals surface area contributed by atoms with Gasteiger partial charge in [-0.25, -0.2) is 0 Å². The van der Waals surface area contributed by atoms with Gasteiger partial charge < -0.3 is 10.2 Å². The van der Waals surface area contributed by atoms with E-state index in [1.807, 2.05) is 36.4 Å². The number of aliphatic carboxylic acids is 2. The summed E-state index contributed by atoms with van der Waals surface area (Å²) in [5, 5.41) is 16.9. The Morgan fingerprint density at radius 2 is 1.05 bits per heavy atom. The number of carboxylic acids is 2. The van der Waals surface area contributed by atoms with Gasteiger partial charge >= 0.3 is 11.9 Å². The average Bonchev–Trinajstić information content (AvgIpc) is 2.44. The maximum Gasteiger partial charge on any atom is 0.307 e. The third kappa shape index (κ3) is 6.87. The van der Waals surface area contributed by atoms with E-state index >= 15 is 0 Å². The lowest BCUT2D eigenvalue weighted by atomic mass is 10.2. The summed E-state index contributed by atoms with van der Waals surface area (Å²) >= 11 is 6.52. The molecule has 0 atom stereocenters. The second-order valence-electron chi connectivity index (χ2n) is 4.32. The van der Waals surface area contributed by atoms with Crippen molar-refractivity contribution in [3.8, 4) is 0 Å². The molecule has 6 heteroatoms. The van der Waals surface area contributed by atoms with Gasteiger partial charge in [0.2, 0.25) is 0 Å². The van der Waals surface area contributed by atoms with Crippen molar-refractivity contribution in [3.63, 3.8) is 0 Å². The predicted molar refractivity (Wildman–Crippen MR) is 91.0 cm³/mol. The highest BCUT2D eigenvalue weighted by molar-refractivity contribution is 9.10. The Morgan fingerprint density at radius 1 is 0.727 bits per heavy atom. The Morgan fingerprint density at radius 3 is 1.32 bits per heavy atom. The molecule has 0 fully saturated rings. The standard InChI is InChI=1S/2C8H7BrO2/c2*9-7-4-2-1-3-6(7)5-8(10)11/h2*1-4H,5H2,(H,10,11). The van der Waals surface area contributed by atoms with Crippen LogP contribution in [0.2, 0.25) is 0 Å². The third-order valence-corrected chi connectivity index (χ3v) is 4.15. The molecule has 2 aromatic rings. The second-order valence-corrected chi connectivity index (χ2v) is 6.03. The lowest BCUT2D eigenvalue weighted by Crippen LogP contribution is -2.00. The molecule has 0 aliphatic rings. The van der Waals surface area contributed by atoms with Gasteiger partial charge in [-0.05, 0) is 23.3 Å². The highest BCUT2D eigenvalue weighted by Gasteiger charge is 2.03. The van der Waals surface area contributed by atoms with E-state index in [4.69, 9.17) is 10.2 Å². The number of hydrogen-bond acceptors (Lipinski definition) is 2. The molecule has 0 saturated carbocycles. The second kappa shape index (κ2) is 9.38. The maximum absolute atomic E-state index is 10.3. The minimum atomic E-state index is -0.808. The Labute approximate surface area is 145 Å². The van der Waals surface area contributed by atoms with Gasteiger partial charge in [0.1, 0.15) is 0 Å². The molecule has 0 radical (unpaired) electrons. The van der Waals surface area contributed by atoms with Gasteiger partial charge in [-0.1, -0.05) is 68.3 Å². The molecule has 2 aromatic carbocycles. The molecular weight excluding hydrogens is 416 g/mol. The summed E-state index contributed by atoms with van der Waals surface area (Å²) in [6.07, 6.45) is 0.142. The van der Waals surface area contributed by atoms with Gasteiger partial charge in [0.25, 0.3) is 0 Å². The smallest absolute Gasteiger partial charge is 0.307 e. The minimum absolute atomic E-state index is 0.0709. The van der Waals surface area contributed by atoms with E-state index in [2.05, 4.69) is 31.9 Å². The lowest BCUT2D eigenvalue weighted by molar-refractivity contribution is -0.137. The van der Waals surface area contributed by atoms with E-state index < -0.39 is 11.9 Å². The zero-order valence-electron chi connectivity index (χ0n) is 11.5. The number of rotatable bonds is 4. The topological polar surface area (TPSA) is 74.6 Å². The van der Waals surface area contributed by atoms with Gasteiger partial charge in [0, 0.05) is 8.95 Å². The molecule has 0 spiro atoms. The van der Waals surface area contributed by atoms with Crippen molar-refractivity contribution in [2.75, 3.05) is 0 Å². The summed E-state index contributed by atoms with van der Waals surface area (Å²) in [4.78, 5) is 20.6. The molecular formula is C16H14Br2O4. The number of benzene rings is 2. The fourth-order valence-corrected chi connectivity index (χ4v) is 2.46. The van der Waals surface area contributed by atoms with E-state index in [0.717, 1.165) is 20.1 Å². The zero-order valence-corrected chi connectivity index (χ0v) is 14.7. The van der Waals surface area contributed by atoms with Crippen LogP contribution in [-0.4, -0.2) is 22.2 Å². The van der Waals surface area contributed by atoms with Gasteiger partial charge in [0.05, 0.1) is 12.8 Å². The summed E-state index contributed by atoms with van der Waals surface area (Å²) in [5.74, 6) is -1.62. The maximum atomic E-state index is 10.3. The molecule has 0 heterocycles. The molecule has 0 saturated heterocycles. The van der Waals surface area contributed by atoms with Crippen molar-refractivity contribution in [2.45, 2.75) is 12.8 Å². The van der Waals surface area contributed by atoms with Crippen LogP contribution in [0, 0.1) is 0 Å². The number of hydrogen-bond donors (Lipinski definition) is 2. The summed E-state index contributed by atoms with van der Waals surface area (Å²) in [6.45, 7) is 0. The van der Waals surface area contributed by atoms with Crippen LogP contribution >= 0.6 is 31.9 Å². The quantitative estimate of drug-likeness (QED) is 0.765. The Balaban J connectivity index is 0.000000220. The van der Waals surface area contributed by atoms with Crippen LogP contribution in [0.3, 0.4) is 0 Å². The fraction of sp³-hybridized carbons (Fsp3) is 0.125. The molecule has 0 aliphatic heterocycles. The van der Waals surface area contributed by atoms with Crippen LogP contribution in [0.1, 0.15) is 11.1 Å². The van der Waals surface area contributed by atoms with Crippen molar-refractivity contribution in [1.82, 2.24) is 0 Å². The van der Waals surface area contributed by atoms with E-state index in [9.17, 15) is 9.59 Å². The van der Waals surface area contributed by atoms with Crippen LogP contribution in [-0.2, 0) is 22.4 Å². The first-order chi connectivity index (χ1) is 10.4. The van der Waals surface area contributed by atoms with E-state index in [0.29, 0.717) is 0 Å². The first kappa shape index (κ1) is 18.4. The van der Waals surface area contributed by atoms with Crippen LogP contribution in [0.5, 0.6) is 0 Å². The van der Waals surface area contributed by atoms with Gasteiger partial charge in [-0.2, -0.15) is 0 Å². The Kier molecular flexibility index (Phi) is 7.84. The summed E-state index contributed by atoms with van der Waals surface area (Å²) in [5.41, 5.74) is 1.61. The predicted octanol–water partition coefficient (Wildman–Crippen LogP) is 4.15. The molecule has 0 unspecified atom stereocenters.